The second-order valence-electron chi connectivity index (χ2n) is 6.55. The number of hydrogen-bond donors (Lipinski definition) is 1. The number of aromatic nitrogens is 1. The van der Waals surface area contributed by atoms with E-state index in [1.54, 1.807) is 29.4 Å². The summed E-state index contributed by atoms with van der Waals surface area (Å²) in [6.45, 7) is 1.40. The lowest BCUT2D eigenvalue weighted by Gasteiger charge is -2.39. The average molecular weight is 337 g/mol. The molecule has 0 unspecified atom stereocenters. The molecule has 1 fully saturated rings. The summed E-state index contributed by atoms with van der Waals surface area (Å²) in [5.74, 6) is 0.633. The summed E-state index contributed by atoms with van der Waals surface area (Å²) in [4.78, 5) is 31.1. The molecule has 6 heteroatoms. The molecule has 1 aromatic carbocycles. The van der Waals surface area contributed by atoms with E-state index in [0.717, 1.165) is 0 Å². The van der Waals surface area contributed by atoms with E-state index in [0.29, 0.717) is 49.5 Å². The van der Waals surface area contributed by atoms with E-state index < -0.39 is 5.41 Å². The number of fused-ring (bicyclic) bond motifs is 1. The van der Waals surface area contributed by atoms with E-state index >= 15 is 0 Å². The molecule has 2 aliphatic rings. The number of anilines is 1. The lowest BCUT2D eigenvalue weighted by molar-refractivity contribution is -0.129. The van der Waals surface area contributed by atoms with E-state index in [9.17, 15) is 9.59 Å². The predicted molar refractivity (Wildman–Crippen MR) is 92.4 cm³/mol. The van der Waals surface area contributed by atoms with Gasteiger partial charge in [-0.2, -0.15) is 0 Å². The number of nitrogens with zero attached hydrogens (tertiary/aromatic N) is 2. The third-order valence-corrected chi connectivity index (χ3v) is 5.04. The predicted octanol–water partition coefficient (Wildman–Crippen LogP) is 2.34. The molecule has 0 bridgehead atoms. The fourth-order valence-electron chi connectivity index (χ4n) is 3.41. The van der Waals surface area contributed by atoms with Crippen molar-refractivity contribution in [3.63, 3.8) is 0 Å². The zero-order valence-corrected chi connectivity index (χ0v) is 13.8. The van der Waals surface area contributed by atoms with E-state index in [2.05, 4.69) is 10.3 Å². The topological polar surface area (TPSA) is 71.5 Å². The zero-order chi connectivity index (χ0) is 17.3. The summed E-state index contributed by atoms with van der Waals surface area (Å²) in [7, 11) is 0. The molecule has 3 heterocycles. The SMILES string of the molecule is O=C(c1cccnc1)N1CCC2(CC1)COc1ccccc1NC2=O. The van der Waals surface area contributed by atoms with Gasteiger partial charge in [-0.25, -0.2) is 0 Å². The molecule has 25 heavy (non-hydrogen) atoms. The Morgan fingerprint density at radius 1 is 1.16 bits per heavy atom. The van der Waals surface area contributed by atoms with Gasteiger partial charge in [0, 0.05) is 25.5 Å². The van der Waals surface area contributed by atoms with Crippen LogP contribution in [0.25, 0.3) is 0 Å². The van der Waals surface area contributed by atoms with Gasteiger partial charge in [-0.1, -0.05) is 12.1 Å². The van der Waals surface area contributed by atoms with Crippen molar-refractivity contribution >= 4 is 17.5 Å². The molecule has 1 N–H and O–H groups in total. The number of rotatable bonds is 1. The van der Waals surface area contributed by atoms with Crippen molar-refractivity contribution in [1.29, 1.82) is 0 Å². The van der Waals surface area contributed by atoms with Crippen LogP contribution in [0.5, 0.6) is 5.75 Å². The number of amides is 2. The summed E-state index contributed by atoms with van der Waals surface area (Å²) in [6, 6.07) is 11.0. The van der Waals surface area contributed by atoms with Crippen molar-refractivity contribution in [2.24, 2.45) is 5.41 Å². The lowest BCUT2D eigenvalue weighted by Crippen LogP contribution is -2.50. The van der Waals surface area contributed by atoms with Gasteiger partial charge in [0.15, 0.2) is 0 Å². The number of ether oxygens (including phenoxy) is 1. The molecular formula is C19H19N3O3. The number of carbonyl (C=O) groups excluding carboxylic acids is 2. The van der Waals surface area contributed by atoms with Crippen molar-refractivity contribution in [1.82, 2.24) is 9.88 Å². The molecule has 0 atom stereocenters. The normalized spacial score (nSPS) is 18.7. The van der Waals surface area contributed by atoms with Crippen LogP contribution in [0.4, 0.5) is 5.69 Å². The molecule has 4 rings (SSSR count). The first-order valence-corrected chi connectivity index (χ1v) is 8.41. The smallest absolute Gasteiger partial charge is 0.255 e. The highest BCUT2D eigenvalue weighted by molar-refractivity contribution is 5.98. The van der Waals surface area contributed by atoms with Gasteiger partial charge in [-0.3, -0.25) is 14.6 Å². The molecular weight excluding hydrogens is 318 g/mol. The molecule has 0 radical (unpaired) electrons. The Hall–Kier alpha value is -2.89. The summed E-state index contributed by atoms with van der Waals surface area (Å²) in [6.07, 6.45) is 4.38. The van der Waals surface area contributed by atoms with Crippen LogP contribution >= 0.6 is 0 Å². The Kier molecular flexibility index (Phi) is 3.87. The van der Waals surface area contributed by atoms with Crippen LogP contribution in [0.1, 0.15) is 23.2 Å². The van der Waals surface area contributed by atoms with Crippen molar-refractivity contribution in [2.45, 2.75) is 12.8 Å². The van der Waals surface area contributed by atoms with Crippen molar-refractivity contribution < 1.29 is 14.3 Å². The average Bonchev–Trinajstić information content (AvgIpc) is 2.80. The lowest BCUT2D eigenvalue weighted by atomic mass is 9.78. The fraction of sp³-hybridized carbons (Fsp3) is 0.316. The van der Waals surface area contributed by atoms with Crippen LogP contribution in [-0.2, 0) is 4.79 Å². The number of para-hydroxylation sites is 2. The molecule has 1 saturated heterocycles. The van der Waals surface area contributed by atoms with Gasteiger partial charge in [0.05, 0.1) is 16.7 Å². The largest absolute Gasteiger partial charge is 0.490 e. The molecule has 0 aliphatic carbocycles. The van der Waals surface area contributed by atoms with Gasteiger partial charge >= 0.3 is 0 Å². The number of pyridine rings is 1. The Bertz CT molecular complexity index is 799. The first-order valence-electron chi connectivity index (χ1n) is 8.41. The van der Waals surface area contributed by atoms with Crippen LogP contribution in [0.3, 0.4) is 0 Å². The number of carbonyl (C=O) groups is 2. The van der Waals surface area contributed by atoms with E-state index in [-0.39, 0.29) is 11.8 Å². The van der Waals surface area contributed by atoms with Gasteiger partial charge in [0.2, 0.25) is 5.91 Å². The number of likely N-dealkylation sites (tertiary alicyclic amines) is 1. The highest BCUT2D eigenvalue weighted by Gasteiger charge is 2.44. The van der Waals surface area contributed by atoms with Crippen LogP contribution in [-0.4, -0.2) is 41.4 Å². The highest BCUT2D eigenvalue weighted by atomic mass is 16.5. The van der Waals surface area contributed by atoms with Crippen LogP contribution < -0.4 is 10.1 Å². The van der Waals surface area contributed by atoms with Crippen molar-refractivity contribution in [3.8, 4) is 5.75 Å². The van der Waals surface area contributed by atoms with Gasteiger partial charge in [-0.15, -0.1) is 0 Å². The maximum absolute atomic E-state index is 12.8. The second-order valence-corrected chi connectivity index (χ2v) is 6.55. The van der Waals surface area contributed by atoms with Crippen molar-refractivity contribution in [3.05, 3.63) is 54.4 Å². The second kappa shape index (κ2) is 6.20. The van der Waals surface area contributed by atoms with E-state index in [1.807, 2.05) is 24.3 Å². The van der Waals surface area contributed by atoms with Crippen molar-refractivity contribution in [2.75, 3.05) is 25.0 Å². The quantitative estimate of drug-likeness (QED) is 0.867. The Morgan fingerprint density at radius 2 is 1.96 bits per heavy atom. The molecule has 1 aromatic heterocycles. The van der Waals surface area contributed by atoms with Gasteiger partial charge in [0.1, 0.15) is 12.4 Å². The van der Waals surface area contributed by atoms with E-state index in [4.69, 9.17) is 4.74 Å². The summed E-state index contributed by atoms with van der Waals surface area (Å²) in [5.41, 5.74) is 0.691. The zero-order valence-electron chi connectivity index (χ0n) is 13.8. The maximum atomic E-state index is 12.8. The number of piperidine rings is 1. The molecule has 2 amide bonds. The monoisotopic (exact) mass is 337 g/mol. The minimum Gasteiger partial charge on any atom is -0.490 e. The minimum atomic E-state index is -0.593. The fourth-order valence-corrected chi connectivity index (χ4v) is 3.41. The summed E-state index contributed by atoms with van der Waals surface area (Å²) in [5, 5.41) is 2.98. The Labute approximate surface area is 145 Å². The molecule has 6 nitrogen and oxygen atoms in total. The van der Waals surface area contributed by atoms with Gasteiger partial charge in [-0.05, 0) is 37.1 Å². The minimum absolute atomic E-state index is 0.0223. The van der Waals surface area contributed by atoms with Gasteiger partial charge in [0.25, 0.3) is 5.91 Å². The molecule has 2 aromatic rings. The number of hydrogen-bond acceptors (Lipinski definition) is 4. The summed E-state index contributed by atoms with van der Waals surface area (Å²) < 4.78 is 5.90. The molecule has 0 saturated carbocycles. The Balaban J connectivity index is 1.48. The first kappa shape index (κ1) is 15.6. The van der Waals surface area contributed by atoms with Gasteiger partial charge < -0.3 is 15.0 Å². The summed E-state index contributed by atoms with van der Waals surface area (Å²) >= 11 is 0. The molecule has 128 valence electrons. The molecule has 1 spiro atoms. The van der Waals surface area contributed by atoms with Crippen LogP contribution in [0.2, 0.25) is 0 Å². The van der Waals surface area contributed by atoms with Crippen LogP contribution in [0, 0.1) is 5.41 Å². The standard InChI is InChI=1S/C19H19N3O3/c23-17(14-4-3-9-20-12-14)22-10-7-19(8-11-22)13-25-16-6-2-1-5-15(16)21-18(19)24/h1-6,9,12H,7-8,10-11,13H2,(H,21,24). The third-order valence-electron chi connectivity index (χ3n) is 5.04. The number of benzene rings is 1. The van der Waals surface area contributed by atoms with E-state index in [1.165, 1.54) is 0 Å². The molecule has 2 aliphatic heterocycles. The first-order chi connectivity index (χ1) is 12.2. The maximum Gasteiger partial charge on any atom is 0.255 e. The number of nitrogens with one attached hydrogen (secondary N) is 1. The highest BCUT2D eigenvalue weighted by Crippen LogP contribution is 2.38. The van der Waals surface area contributed by atoms with Crippen LogP contribution in [0.15, 0.2) is 48.8 Å². The Morgan fingerprint density at radius 3 is 2.72 bits per heavy atom. The third kappa shape index (κ3) is 2.84.